The lowest BCUT2D eigenvalue weighted by atomic mass is 9.87. The summed E-state index contributed by atoms with van der Waals surface area (Å²) in [5, 5.41) is -0.353. The smallest absolute Gasteiger partial charge is 0.154 e. The van der Waals surface area contributed by atoms with Crippen molar-refractivity contribution < 1.29 is 17.2 Å². The second-order valence-corrected chi connectivity index (χ2v) is 10.5. The van der Waals surface area contributed by atoms with Crippen LogP contribution in [0.4, 0.5) is 8.78 Å². The minimum atomic E-state index is -3.59. The van der Waals surface area contributed by atoms with Gasteiger partial charge in [-0.15, -0.1) is 0 Å². The zero-order chi connectivity index (χ0) is 22.2. The summed E-state index contributed by atoms with van der Waals surface area (Å²) in [6.07, 6.45) is 4.59. The van der Waals surface area contributed by atoms with Crippen molar-refractivity contribution in [3.63, 3.8) is 0 Å². The Morgan fingerprint density at radius 1 is 1.00 bits per heavy atom. The summed E-state index contributed by atoms with van der Waals surface area (Å²) in [4.78, 5) is 6.36. The Balaban J connectivity index is 1.64. The molecule has 1 aromatic heterocycles. The predicted molar refractivity (Wildman–Crippen MR) is 117 cm³/mol. The summed E-state index contributed by atoms with van der Waals surface area (Å²) < 4.78 is 52.7. The first-order valence-electron chi connectivity index (χ1n) is 9.76. The van der Waals surface area contributed by atoms with Gasteiger partial charge in [0.25, 0.3) is 0 Å². The van der Waals surface area contributed by atoms with E-state index in [2.05, 4.69) is 9.88 Å². The monoisotopic (exact) mass is 462 g/mol. The van der Waals surface area contributed by atoms with Gasteiger partial charge in [0, 0.05) is 48.7 Å². The summed E-state index contributed by atoms with van der Waals surface area (Å²) in [5.74, 6) is -1.86. The van der Waals surface area contributed by atoms with Crippen LogP contribution in [0.2, 0.25) is 5.02 Å². The molecule has 1 fully saturated rings. The molecule has 2 atom stereocenters. The van der Waals surface area contributed by atoms with Gasteiger partial charge in [0.05, 0.1) is 11.3 Å². The molecule has 0 aliphatic carbocycles. The fraction of sp³-hybridized carbons (Fsp3) is 0.261. The van der Waals surface area contributed by atoms with Gasteiger partial charge < -0.3 is 0 Å². The molecule has 4 rings (SSSR count). The van der Waals surface area contributed by atoms with Crippen molar-refractivity contribution in [1.29, 1.82) is 0 Å². The molecular formula is C23H21ClF2N2O2S. The lowest BCUT2D eigenvalue weighted by Crippen LogP contribution is -2.52. The van der Waals surface area contributed by atoms with Crippen molar-refractivity contribution in [2.75, 3.05) is 19.3 Å². The molecule has 31 heavy (non-hydrogen) atoms. The van der Waals surface area contributed by atoms with Crippen molar-refractivity contribution in [3.05, 3.63) is 100 Å². The van der Waals surface area contributed by atoms with Crippen LogP contribution >= 0.6 is 11.6 Å². The zero-order valence-corrected chi connectivity index (χ0v) is 18.3. The maximum Gasteiger partial charge on any atom is 0.154 e. The number of benzene rings is 2. The van der Waals surface area contributed by atoms with Crippen LogP contribution in [0.1, 0.15) is 28.0 Å². The molecule has 2 unspecified atom stereocenters. The maximum atomic E-state index is 13.8. The van der Waals surface area contributed by atoms with E-state index in [-0.39, 0.29) is 17.5 Å². The van der Waals surface area contributed by atoms with Gasteiger partial charge in [-0.05, 0) is 47.0 Å². The number of hydrogen-bond acceptors (Lipinski definition) is 4. The molecule has 1 aliphatic rings. The number of halogens is 3. The highest BCUT2D eigenvalue weighted by Gasteiger charge is 2.43. The second-order valence-electron chi connectivity index (χ2n) is 7.91. The number of rotatable bonds is 6. The predicted octanol–water partition coefficient (Wildman–Crippen LogP) is 4.82. The van der Waals surface area contributed by atoms with Crippen LogP contribution < -0.4 is 0 Å². The van der Waals surface area contributed by atoms with E-state index in [0.717, 1.165) is 35.6 Å². The first-order valence-corrected chi connectivity index (χ1v) is 12.1. The zero-order valence-electron chi connectivity index (χ0n) is 16.8. The Morgan fingerprint density at radius 3 is 2.19 bits per heavy atom. The lowest BCUT2D eigenvalue weighted by molar-refractivity contribution is 0.0653. The van der Waals surface area contributed by atoms with Crippen LogP contribution in [0, 0.1) is 17.6 Å². The Bertz CT molecular complexity index is 1150. The summed E-state index contributed by atoms with van der Waals surface area (Å²) in [5.41, 5.74) is 2.12. The molecule has 2 heterocycles. The normalized spacial score (nSPS) is 17.2. The Kier molecular flexibility index (Phi) is 6.10. The van der Waals surface area contributed by atoms with Crippen LogP contribution in [0.3, 0.4) is 0 Å². The van der Waals surface area contributed by atoms with E-state index in [1.807, 2.05) is 36.4 Å². The number of hydrogen-bond donors (Lipinski definition) is 0. The van der Waals surface area contributed by atoms with E-state index < -0.39 is 26.7 Å². The van der Waals surface area contributed by atoms with Crippen molar-refractivity contribution >= 4 is 21.4 Å². The molecule has 1 aliphatic heterocycles. The summed E-state index contributed by atoms with van der Waals surface area (Å²) in [6.45, 7) is 0.913. The molecule has 0 radical (unpaired) electrons. The van der Waals surface area contributed by atoms with Crippen LogP contribution in [0.15, 0.2) is 67.0 Å². The quantitative estimate of drug-likeness (QED) is 0.527. The fourth-order valence-electron chi connectivity index (χ4n) is 4.36. The molecule has 0 amide bonds. The number of sulfone groups is 1. The molecule has 2 aromatic carbocycles. The van der Waals surface area contributed by atoms with Crippen molar-refractivity contribution in [3.8, 4) is 0 Å². The molecule has 4 nitrogen and oxygen atoms in total. The molecule has 8 heteroatoms. The van der Waals surface area contributed by atoms with E-state index >= 15 is 0 Å². The van der Waals surface area contributed by atoms with Gasteiger partial charge in [0.2, 0.25) is 0 Å². The standard InChI is InChI=1S/C23H21ClF2N2O2S/c1-31(29,30)23(17-9-20(25)11-21(26)10-17)18-13-28(14-18)22(16-3-2-8-27-12-16)15-4-6-19(24)7-5-15/h2-12,18,22-23H,13-14H2,1H3. The fourth-order valence-corrected chi connectivity index (χ4v) is 5.98. The molecular weight excluding hydrogens is 442 g/mol. The van der Waals surface area contributed by atoms with E-state index in [1.54, 1.807) is 12.4 Å². The first-order chi connectivity index (χ1) is 14.7. The van der Waals surface area contributed by atoms with Gasteiger partial charge in [-0.25, -0.2) is 17.2 Å². The summed E-state index contributed by atoms with van der Waals surface area (Å²) in [7, 11) is -3.59. The highest BCUT2D eigenvalue weighted by molar-refractivity contribution is 7.90. The SMILES string of the molecule is CS(=O)(=O)C(c1cc(F)cc(F)c1)C1CN(C(c2ccc(Cl)cc2)c2cccnc2)C1. The van der Waals surface area contributed by atoms with Gasteiger partial charge in [-0.2, -0.15) is 0 Å². The molecule has 3 aromatic rings. The van der Waals surface area contributed by atoms with Gasteiger partial charge in [0.15, 0.2) is 9.84 Å². The van der Waals surface area contributed by atoms with Gasteiger partial charge in [-0.1, -0.05) is 29.8 Å². The highest BCUT2D eigenvalue weighted by atomic mass is 35.5. The largest absolute Gasteiger partial charge is 0.292 e. The minimum absolute atomic E-state index is 0.133. The van der Waals surface area contributed by atoms with Crippen molar-refractivity contribution in [1.82, 2.24) is 9.88 Å². The molecule has 162 valence electrons. The average molecular weight is 463 g/mol. The van der Waals surface area contributed by atoms with Gasteiger partial charge in [-0.3, -0.25) is 9.88 Å². The number of pyridine rings is 1. The Hall–Kier alpha value is -2.35. The van der Waals surface area contributed by atoms with Crippen LogP contribution in [0.25, 0.3) is 0 Å². The molecule has 0 spiro atoms. The van der Waals surface area contributed by atoms with Gasteiger partial charge in [0.1, 0.15) is 11.6 Å². The third-order valence-electron chi connectivity index (χ3n) is 5.59. The third kappa shape index (κ3) is 4.79. The molecule has 0 bridgehead atoms. The highest BCUT2D eigenvalue weighted by Crippen LogP contribution is 2.42. The van der Waals surface area contributed by atoms with Crippen LogP contribution in [-0.4, -0.2) is 37.6 Å². The first kappa shape index (κ1) is 21.9. The number of likely N-dealkylation sites (tertiary alicyclic amines) is 1. The van der Waals surface area contributed by atoms with E-state index in [1.165, 1.54) is 0 Å². The average Bonchev–Trinajstić information content (AvgIpc) is 2.66. The van der Waals surface area contributed by atoms with Crippen molar-refractivity contribution in [2.45, 2.75) is 11.3 Å². The summed E-state index contributed by atoms with van der Waals surface area (Å²) >= 11 is 6.04. The Labute approximate surface area is 185 Å². The number of nitrogens with zero attached hydrogens (tertiary/aromatic N) is 2. The summed E-state index contributed by atoms with van der Waals surface area (Å²) in [6, 6.07) is 14.1. The second kappa shape index (κ2) is 8.65. The van der Waals surface area contributed by atoms with Crippen LogP contribution in [-0.2, 0) is 9.84 Å². The topological polar surface area (TPSA) is 50.3 Å². The van der Waals surface area contributed by atoms with E-state index in [4.69, 9.17) is 11.6 Å². The van der Waals surface area contributed by atoms with Crippen LogP contribution in [0.5, 0.6) is 0 Å². The molecule has 0 saturated carbocycles. The van der Waals surface area contributed by atoms with Crippen molar-refractivity contribution in [2.24, 2.45) is 5.92 Å². The van der Waals surface area contributed by atoms with E-state index in [9.17, 15) is 17.2 Å². The molecule has 1 saturated heterocycles. The van der Waals surface area contributed by atoms with Gasteiger partial charge >= 0.3 is 0 Å². The molecule has 0 N–H and O–H groups in total. The minimum Gasteiger partial charge on any atom is -0.292 e. The number of aromatic nitrogens is 1. The Morgan fingerprint density at radius 2 is 1.65 bits per heavy atom. The maximum absolute atomic E-state index is 13.8. The lowest BCUT2D eigenvalue weighted by Gasteiger charge is -2.47. The van der Waals surface area contributed by atoms with E-state index in [0.29, 0.717) is 18.1 Å². The third-order valence-corrected chi connectivity index (χ3v) is 7.42.